The highest BCUT2D eigenvalue weighted by atomic mass is 31.2. The van der Waals surface area contributed by atoms with E-state index in [1.54, 1.807) is 0 Å². The van der Waals surface area contributed by atoms with Crippen LogP contribution >= 0.6 is 7.14 Å². The molecule has 12 rings (SSSR count). The highest BCUT2D eigenvalue weighted by Gasteiger charge is 2.58. The van der Waals surface area contributed by atoms with E-state index in [0.717, 1.165) is 38.9 Å². The summed E-state index contributed by atoms with van der Waals surface area (Å²) in [4.78, 5) is 0. The topological polar surface area (TPSA) is 17.1 Å². The van der Waals surface area contributed by atoms with Crippen LogP contribution < -0.4 is 32.3 Å². The maximum Gasteiger partial charge on any atom is 0.242 e. The van der Waals surface area contributed by atoms with Gasteiger partial charge in [-0.3, -0.25) is 0 Å². The van der Waals surface area contributed by atoms with Gasteiger partial charge >= 0.3 is 0 Å². The maximum atomic E-state index is 15.2. The largest absolute Gasteiger partial charge is 0.309 e. The molecule has 4 fully saturated rings. The van der Waals surface area contributed by atoms with E-state index in [0.29, 0.717) is 0 Å². The predicted octanol–water partition coefficient (Wildman–Crippen LogP) is 11.1. The van der Waals surface area contributed by atoms with Crippen LogP contribution in [-0.4, -0.2) is 6.71 Å². The number of aryl methyl sites for hydroxylation is 6. The third-order valence-electron chi connectivity index (χ3n) is 15.8. The first-order valence-corrected chi connectivity index (χ1v) is 24.4. The summed E-state index contributed by atoms with van der Waals surface area (Å²) in [6.07, 6.45) is 7.73. The summed E-state index contributed by atoms with van der Waals surface area (Å²) in [5.41, 5.74) is 20.5. The van der Waals surface area contributed by atoms with Crippen LogP contribution in [0.2, 0.25) is 0 Å². The van der Waals surface area contributed by atoms with Crippen LogP contribution in [0.25, 0.3) is 22.3 Å². The van der Waals surface area contributed by atoms with Gasteiger partial charge in [-0.25, -0.2) is 0 Å². The summed E-state index contributed by atoms with van der Waals surface area (Å²) in [5, 5.41) is 2.94. The minimum Gasteiger partial charge on any atom is -0.309 e. The molecular weight excluding hydrogens is 754 g/mol. The van der Waals surface area contributed by atoms with Crippen LogP contribution in [0.15, 0.2) is 146 Å². The summed E-state index contributed by atoms with van der Waals surface area (Å²) >= 11 is 0. The van der Waals surface area contributed by atoms with Crippen LogP contribution in [0.4, 0.5) is 0 Å². The molecule has 1 heterocycles. The summed E-state index contributed by atoms with van der Waals surface area (Å²) in [6, 6.07) is 54.6. The lowest BCUT2D eigenvalue weighted by molar-refractivity contribution is -0.0281. The normalized spacial score (nSPS) is 22.9. The molecule has 5 aliphatic rings. The molecule has 2 unspecified atom stereocenters. The van der Waals surface area contributed by atoms with Crippen molar-refractivity contribution in [2.75, 3.05) is 0 Å². The van der Waals surface area contributed by atoms with Crippen molar-refractivity contribution in [3.8, 4) is 22.3 Å². The van der Waals surface area contributed by atoms with E-state index in [-0.39, 0.29) is 17.5 Å². The van der Waals surface area contributed by atoms with Gasteiger partial charge < -0.3 is 4.57 Å². The Hall–Kier alpha value is -5.17. The fraction of sp³-hybridized carbons (Fsp3) is 0.276. The fourth-order valence-corrected chi connectivity index (χ4v) is 17.1. The molecule has 0 amide bonds. The first kappa shape index (κ1) is 38.7. The van der Waals surface area contributed by atoms with E-state index in [1.165, 1.54) is 111 Å². The molecular formula is C58H56BOP. The van der Waals surface area contributed by atoms with Crippen LogP contribution in [0.5, 0.6) is 0 Å². The quantitative estimate of drug-likeness (QED) is 0.116. The lowest BCUT2D eigenvalue weighted by atomic mass is 9.34. The zero-order valence-corrected chi connectivity index (χ0v) is 37.6. The molecule has 302 valence electrons. The van der Waals surface area contributed by atoms with E-state index >= 15 is 4.57 Å². The van der Waals surface area contributed by atoms with Gasteiger partial charge in [-0.15, -0.1) is 0 Å². The van der Waals surface area contributed by atoms with E-state index in [1.807, 2.05) is 12.1 Å². The number of hydrogen-bond acceptors (Lipinski definition) is 1. The summed E-state index contributed by atoms with van der Waals surface area (Å²) in [6.45, 7) is 13.8. The van der Waals surface area contributed by atoms with Crippen LogP contribution in [0, 0.1) is 53.4 Å². The minimum absolute atomic E-state index is 0.156. The smallest absolute Gasteiger partial charge is 0.242 e. The summed E-state index contributed by atoms with van der Waals surface area (Å²) in [7, 11) is -2.94. The average Bonchev–Trinajstić information content (AvgIpc) is 3.51. The molecule has 0 aromatic heterocycles. The minimum atomic E-state index is -2.94. The lowest BCUT2D eigenvalue weighted by Crippen LogP contribution is -2.56. The van der Waals surface area contributed by atoms with Crippen LogP contribution in [0.1, 0.15) is 83.0 Å². The van der Waals surface area contributed by atoms with Gasteiger partial charge in [-0.1, -0.05) is 195 Å². The second kappa shape index (κ2) is 14.2. The molecule has 1 aliphatic heterocycles. The lowest BCUT2D eigenvalue weighted by Gasteiger charge is -2.63. The number of hydrogen-bond donors (Lipinski definition) is 0. The third kappa shape index (κ3) is 6.07. The van der Waals surface area contributed by atoms with Crippen molar-refractivity contribution >= 4 is 46.2 Å². The third-order valence-corrected chi connectivity index (χ3v) is 18.9. The monoisotopic (exact) mass is 810 g/mol. The van der Waals surface area contributed by atoms with Crippen molar-refractivity contribution in [3.05, 3.63) is 190 Å². The van der Waals surface area contributed by atoms with Crippen molar-refractivity contribution < 1.29 is 4.57 Å². The second-order valence-electron chi connectivity index (χ2n) is 20.0. The van der Waals surface area contributed by atoms with Gasteiger partial charge in [0.05, 0.1) is 0 Å². The van der Waals surface area contributed by atoms with Gasteiger partial charge in [0.2, 0.25) is 6.71 Å². The predicted molar refractivity (Wildman–Crippen MR) is 261 cm³/mol. The zero-order valence-electron chi connectivity index (χ0n) is 36.7. The van der Waals surface area contributed by atoms with E-state index in [2.05, 4.69) is 175 Å². The Morgan fingerprint density at radius 2 is 0.951 bits per heavy atom. The summed E-state index contributed by atoms with van der Waals surface area (Å²) in [5.74, 6) is 1.51. The number of benzene rings is 7. The molecule has 0 radical (unpaired) electrons. The van der Waals surface area contributed by atoms with Crippen LogP contribution in [0.3, 0.4) is 0 Å². The van der Waals surface area contributed by atoms with Gasteiger partial charge in [-0.05, 0) is 136 Å². The van der Waals surface area contributed by atoms with Gasteiger partial charge in [0.25, 0.3) is 0 Å². The summed E-state index contributed by atoms with van der Waals surface area (Å²) < 4.78 is 15.2. The fourth-order valence-electron chi connectivity index (χ4n) is 14.0. The Morgan fingerprint density at radius 1 is 0.492 bits per heavy atom. The molecule has 3 heteroatoms. The Labute approximate surface area is 364 Å². The van der Waals surface area contributed by atoms with Crippen molar-refractivity contribution in [2.45, 2.75) is 90.9 Å². The average molecular weight is 811 g/mol. The van der Waals surface area contributed by atoms with E-state index in [4.69, 9.17) is 0 Å². The molecule has 0 spiro atoms. The molecule has 0 saturated heterocycles. The number of fused-ring (bicyclic) bond motifs is 3. The van der Waals surface area contributed by atoms with E-state index < -0.39 is 7.14 Å². The zero-order chi connectivity index (χ0) is 41.8. The Balaban J connectivity index is 0.918. The first-order chi connectivity index (χ1) is 29.4. The molecule has 4 aliphatic carbocycles. The van der Waals surface area contributed by atoms with Crippen molar-refractivity contribution in [1.29, 1.82) is 0 Å². The molecule has 1 nitrogen and oxygen atoms in total. The molecule has 4 saturated carbocycles. The van der Waals surface area contributed by atoms with E-state index in [9.17, 15) is 0 Å². The standard InChI is InChI=1S/C58H56BOP/c1-37-26-39(3)55(40(4)27-37)59(56-41(5)28-38(2)29-42(56)6)49-13-11-12-46(31-49)45-18-20-47(21-19-45)57-32-43-30-44(33-57)35-58(34-43,36-57)48-22-24-50(25-23-48)61(60)53-16-9-7-14-51(53)52-15-8-10-17-54(52)61/h7-29,31,43-44H,30,32-36H2,1-6H3. The highest BCUT2D eigenvalue weighted by Crippen LogP contribution is 2.66. The van der Waals surface area contributed by atoms with Crippen molar-refractivity contribution in [3.63, 3.8) is 0 Å². The molecule has 0 N–H and O–H groups in total. The Morgan fingerprint density at radius 3 is 1.44 bits per heavy atom. The van der Waals surface area contributed by atoms with Gasteiger partial charge in [-0.2, -0.15) is 0 Å². The van der Waals surface area contributed by atoms with Crippen LogP contribution in [-0.2, 0) is 15.4 Å². The molecule has 7 aromatic rings. The SMILES string of the molecule is Cc1cc(C)c(B(c2cccc(-c3ccc(C45CC6CC(C4)CC(c4ccc(P7(=O)c8ccccc8-c8ccccc87)cc4)(C6)C5)cc3)c2)c2c(C)cc(C)cc2C)c(C)c1. The molecule has 4 bridgehead atoms. The molecule has 61 heavy (non-hydrogen) atoms. The highest BCUT2D eigenvalue weighted by molar-refractivity contribution is 7.86. The van der Waals surface area contributed by atoms with Gasteiger partial charge in [0.1, 0.15) is 0 Å². The Kier molecular flexibility index (Phi) is 9.01. The maximum absolute atomic E-state index is 15.2. The Bertz CT molecular complexity index is 2770. The first-order valence-electron chi connectivity index (χ1n) is 22.7. The number of rotatable bonds is 7. The van der Waals surface area contributed by atoms with Gasteiger partial charge in [0.15, 0.2) is 7.14 Å². The second-order valence-corrected chi connectivity index (χ2v) is 22.7. The van der Waals surface area contributed by atoms with Gasteiger partial charge in [0, 0.05) is 15.9 Å². The van der Waals surface area contributed by atoms with Crippen molar-refractivity contribution in [2.24, 2.45) is 11.8 Å². The molecule has 7 aromatic carbocycles. The molecule has 2 atom stereocenters. The van der Waals surface area contributed by atoms with Crippen molar-refractivity contribution in [1.82, 2.24) is 0 Å².